The van der Waals surface area contributed by atoms with Crippen molar-refractivity contribution in [2.45, 2.75) is 245 Å². The second kappa shape index (κ2) is 39.2. The highest BCUT2D eigenvalue weighted by Gasteiger charge is 2.01. The van der Waals surface area contributed by atoms with Gasteiger partial charge < -0.3 is 0 Å². The summed E-state index contributed by atoms with van der Waals surface area (Å²) in [5.41, 5.74) is 0. The maximum atomic E-state index is 12.3. The van der Waals surface area contributed by atoms with Crippen LogP contribution in [0.3, 0.4) is 0 Å². The second-order valence-electron chi connectivity index (χ2n) is 13.9. The molecule has 0 bridgehead atoms. The fraction of sp³-hybridized carbons (Fsp3) is 1.00. The molecular weight excluding hydrogens is 529 g/mol. The van der Waals surface area contributed by atoms with Crippen LogP contribution < -0.4 is 0 Å². The van der Waals surface area contributed by atoms with Crippen molar-refractivity contribution in [3.8, 4) is 0 Å². The summed E-state index contributed by atoms with van der Waals surface area (Å²) in [4.78, 5) is 0. The topological polar surface area (TPSA) is 17.1 Å². The molecule has 0 atom stereocenters. The molecule has 0 aromatic carbocycles. The first-order valence-electron chi connectivity index (χ1n) is 20.2. The third-order valence-electron chi connectivity index (χ3n) is 9.45. The first-order valence-corrected chi connectivity index (χ1v) is 21.6. The van der Waals surface area contributed by atoms with E-state index in [0.29, 0.717) is 0 Å². The average molecular weight is 611 g/mol. The highest BCUT2D eigenvalue weighted by Crippen LogP contribution is 2.16. The van der Waals surface area contributed by atoms with Gasteiger partial charge >= 0.3 is 0 Å². The highest BCUT2D eigenvalue weighted by atomic mass is 32.2. The van der Waals surface area contributed by atoms with Crippen LogP contribution in [0.1, 0.15) is 245 Å². The van der Waals surface area contributed by atoms with E-state index in [0.717, 1.165) is 11.5 Å². The molecule has 254 valence electrons. The first kappa shape index (κ1) is 42.1. The van der Waals surface area contributed by atoms with Crippen molar-refractivity contribution in [1.29, 1.82) is 0 Å². The Morgan fingerprint density at radius 3 is 0.548 bits per heavy atom. The van der Waals surface area contributed by atoms with Gasteiger partial charge in [0.1, 0.15) is 0 Å². The highest BCUT2D eigenvalue weighted by molar-refractivity contribution is 7.84. The third-order valence-corrected chi connectivity index (χ3v) is 10.9. The van der Waals surface area contributed by atoms with E-state index in [-0.39, 0.29) is 0 Å². The molecule has 0 amide bonds. The molecule has 0 spiro atoms. The van der Waals surface area contributed by atoms with Crippen LogP contribution in [-0.4, -0.2) is 15.7 Å². The van der Waals surface area contributed by atoms with Crippen LogP contribution in [0.2, 0.25) is 0 Å². The number of unbranched alkanes of at least 4 members (excludes halogenated alkanes) is 34. The maximum absolute atomic E-state index is 12.3. The lowest BCUT2D eigenvalue weighted by Gasteiger charge is -2.05. The molecule has 0 aliphatic rings. The number of rotatable bonds is 38. The van der Waals surface area contributed by atoms with Crippen molar-refractivity contribution in [3.05, 3.63) is 0 Å². The van der Waals surface area contributed by atoms with E-state index >= 15 is 0 Å². The summed E-state index contributed by atoms with van der Waals surface area (Å²) in [6.45, 7) is 4.60. The molecule has 42 heavy (non-hydrogen) atoms. The van der Waals surface area contributed by atoms with Gasteiger partial charge in [-0.3, -0.25) is 4.21 Å². The minimum absolute atomic E-state index is 0.557. The summed E-state index contributed by atoms with van der Waals surface area (Å²) in [7, 11) is -0.557. The maximum Gasteiger partial charge on any atom is 0.0234 e. The zero-order valence-electron chi connectivity index (χ0n) is 29.7. The van der Waals surface area contributed by atoms with Gasteiger partial charge in [-0.15, -0.1) is 0 Å². The van der Waals surface area contributed by atoms with Gasteiger partial charge in [0, 0.05) is 22.3 Å². The monoisotopic (exact) mass is 611 g/mol. The van der Waals surface area contributed by atoms with Crippen molar-refractivity contribution >= 4 is 10.8 Å². The SMILES string of the molecule is CCCCCCCCCCCCCCCCCCCCS(=O)CCCCCCCCCCCCCCCCCCCC. The van der Waals surface area contributed by atoms with E-state index in [1.54, 1.807) is 0 Å². The molecule has 0 rings (SSSR count). The van der Waals surface area contributed by atoms with Crippen molar-refractivity contribution in [1.82, 2.24) is 0 Å². The first-order chi connectivity index (χ1) is 20.8. The van der Waals surface area contributed by atoms with E-state index in [1.165, 1.54) is 231 Å². The zero-order valence-corrected chi connectivity index (χ0v) is 30.5. The second-order valence-corrected chi connectivity index (χ2v) is 15.6. The van der Waals surface area contributed by atoms with Gasteiger partial charge in [0.2, 0.25) is 0 Å². The van der Waals surface area contributed by atoms with E-state index in [9.17, 15) is 4.21 Å². The molecule has 0 aromatic heterocycles. The van der Waals surface area contributed by atoms with Crippen LogP contribution in [0, 0.1) is 0 Å². The van der Waals surface area contributed by atoms with Gasteiger partial charge in [-0.05, 0) is 12.8 Å². The van der Waals surface area contributed by atoms with E-state index in [4.69, 9.17) is 0 Å². The van der Waals surface area contributed by atoms with E-state index < -0.39 is 10.8 Å². The van der Waals surface area contributed by atoms with E-state index in [2.05, 4.69) is 13.8 Å². The Bertz CT molecular complexity index is 448. The molecule has 0 unspecified atom stereocenters. The Morgan fingerprint density at radius 2 is 0.381 bits per heavy atom. The Labute approximate surface area is 270 Å². The summed E-state index contributed by atoms with van der Waals surface area (Å²) in [6, 6.07) is 0. The Hall–Kier alpha value is 0.150. The largest absolute Gasteiger partial charge is 0.260 e. The smallest absolute Gasteiger partial charge is 0.0234 e. The number of hydrogen-bond acceptors (Lipinski definition) is 1. The summed E-state index contributed by atoms with van der Waals surface area (Å²) in [5, 5.41) is 0. The van der Waals surface area contributed by atoms with Crippen LogP contribution in [0.15, 0.2) is 0 Å². The van der Waals surface area contributed by atoms with E-state index in [1.807, 2.05) is 0 Å². The quantitative estimate of drug-likeness (QED) is 0.0635. The zero-order chi connectivity index (χ0) is 30.4. The van der Waals surface area contributed by atoms with Crippen LogP contribution >= 0.6 is 0 Å². The van der Waals surface area contributed by atoms with Crippen molar-refractivity contribution < 1.29 is 4.21 Å². The van der Waals surface area contributed by atoms with Gasteiger partial charge in [0.05, 0.1) is 0 Å². The Balaban J connectivity index is 3.14. The number of hydrogen-bond donors (Lipinski definition) is 0. The lowest BCUT2D eigenvalue weighted by Crippen LogP contribution is -2.02. The molecular formula is C40H82OS. The standard InChI is InChI=1S/C40H82OS/c1-3-5-7-9-11-13-15-17-19-21-23-25-27-29-31-33-35-37-39-42(41)40-38-36-34-32-30-28-26-24-22-20-18-16-14-12-10-8-6-4-2/h3-40H2,1-2H3. The molecule has 0 aliphatic carbocycles. The molecule has 1 nitrogen and oxygen atoms in total. The predicted octanol–water partition coefficient (Wildman–Crippen LogP) is 14.8. The predicted molar refractivity (Wildman–Crippen MR) is 195 cm³/mol. The fourth-order valence-electron chi connectivity index (χ4n) is 6.43. The molecule has 0 radical (unpaired) electrons. The molecule has 0 aliphatic heterocycles. The van der Waals surface area contributed by atoms with Gasteiger partial charge in [0.25, 0.3) is 0 Å². The lowest BCUT2D eigenvalue weighted by molar-refractivity contribution is 0.526. The summed E-state index contributed by atoms with van der Waals surface area (Å²) in [6.07, 6.45) is 51.0. The van der Waals surface area contributed by atoms with Crippen molar-refractivity contribution in [2.75, 3.05) is 11.5 Å². The van der Waals surface area contributed by atoms with Gasteiger partial charge in [-0.25, -0.2) is 0 Å². The van der Waals surface area contributed by atoms with Crippen LogP contribution in [0.5, 0.6) is 0 Å². The van der Waals surface area contributed by atoms with Gasteiger partial charge in [0.15, 0.2) is 0 Å². The Kier molecular flexibility index (Phi) is 39.3. The van der Waals surface area contributed by atoms with Crippen LogP contribution in [0.4, 0.5) is 0 Å². The normalized spacial score (nSPS) is 11.7. The molecule has 2 heteroatoms. The van der Waals surface area contributed by atoms with Crippen LogP contribution in [-0.2, 0) is 10.8 Å². The van der Waals surface area contributed by atoms with Gasteiger partial charge in [-0.2, -0.15) is 0 Å². The summed E-state index contributed by atoms with van der Waals surface area (Å²) >= 11 is 0. The van der Waals surface area contributed by atoms with Crippen molar-refractivity contribution in [3.63, 3.8) is 0 Å². The molecule has 0 saturated carbocycles. The minimum atomic E-state index is -0.557. The molecule has 0 aromatic rings. The van der Waals surface area contributed by atoms with Gasteiger partial charge in [-0.1, -0.05) is 232 Å². The molecule has 0 heterocycles. The lowest BCUT2D eigenvalue weighted by atomic mass is 10.0. The molecule has 0 fully saturated rings. The van der Waals surface area contributed by atoms with Crippen LogP contribution in [0.25, 0.3) is 0 Å². The minimum Gasteiger partial charge on any atom is -0.260 e. The van der Waals surface area contributed by atoms with Crippen molar-refractivity contribution in [2.24, 2.45) is 0 Å². The third kappa shape index (κ3) is 38.2. The molecule has 0 saturated heterocycles. The summed E-state index contributed by atoms with van der Waals surface area (Å²) in [5.74, 6) is 1.91. The summed E-state index contributed by atoms with van der Waals surface area (Å²) < 4.78 is 12.3. The average Bonchev–Trinajstić information content (AvgIpc) is 3.00. The fourth-order valence-corrected chi connectivity index (χ4v) is 7.69. The Morgan fingerprint density at radius 1 is 0.238 bits per heavy atom. The molecule has 0 N–H and O–H groups in total.